The number of nitrogens with one attached hydrogen (secondary N) is 1. The summed E-state index contributed by atoms with van der Waals surface area (Å²) in [4.78, 5) is 0. The Labute approximate surface area is 91.3 Å². The van der Waals surface area contributed by atoms with Gasteiger partial charge >= 0.3 is 0 Å². The first kappa shape index (κ1) is 11.3. The Morgan fingerprint density at radius 3 is 2.40 bits per heavy atom. The number of rotatable bonds is 5. The van der Waals surface area contributed by atoms with Gasteiger partial charge in [-0.05, 0) is 38.5 Å². The second kappa shape index (κ2) is 4.79. The fourth-order valence-corrected chi connectivity index (χ4v) is 3.15. The fourth-order valence-electron chi connectivity index (χ4n) is 3.15. The minimum absolute atomic E-state index is 0.217. The molecule has 2 fully saturated rings. The van der Waals surface area contributed by atoms with E-state index >= 15 is 0 Å². The minimum atomic E-state index is -0.451. The Morgan fingerprint density at radius 2 is 1.80 bits per heavy atom. The van der Waals surface area contributed by atoms with Crippen molar-refractivity contribution in [3.05, 3.63) is 0 Å². The molecule has 2 aliphatic heterocycles. The van der Waals surface area contributed by atoms with Gasteiger partial charge in [-0.25, -0.2) is 0 Å². The summed E-state index contributed by atoms with van der Waals surface area (Å²) in [6, 6.07) is 1.07. The molecule has 15 heavy (non-hydrogen) atoms. The van der Waals surface area contributed by atoms with E-state index in [0.717, 1.165) is 32.1 Å². The Bertz CT molecular complexity index is 198. The molecule has 2 heterocycles. The van der Waals surface area contributed by atoms with Crippen molar-refractivity contribution >= 4 is 0 Å². The quantitative estimate of drug-likeness (QED) is 0.689. The molecular formula is C12H22FNO. The van der Waals surface area contributed by atoms with Crippen LogP contribution in [0.25, 0.3) is 0 Å². The largest absolute Gasteiger partial charge is 0.390 e. The summed E-state index contributed by atoms with van der Waals surface area (Å²) in [5, 5.41) is 13.9. The predicted octanol–water partition coefficient (Wildman–Crippen LogP) is 2.16. The average Bonchev–Trinajstić information content (AvgIpc) is 2.54. The highest BCUT2D eigenvalue weighted by Crippen LogP contribution is 2.36. The summed E-state index contributed by atoms with van der Waals surface area (Å²) in [6.07, 6.45) is 7.65. The van der Waals surface area contributed by atoms with Gasteiger partial charge in [0, 0.05) is 12.1 Å². The van der Waals surface area contributed by atoms with Crippen LogP contribution >= 0.6 is 0 Å². The van der Waals surface area contributed by atoms with Crippen LogP contribution in [0.4, 0.5) is 4.39 Å². The molecule has 0 aliphatic carbocycles. The van der Waals surface area contributed by atoms with Gasteiger partial charge in [0.15, 0.2) is 0 Å². The highest BCUT2D eigenvalue weighted by atomic mass is 19.1. The van der Waals surface area contributed by atoms with Crippen molar-refractivity contribution in [3.63, 3.8) is 0 Å². The van der Waals surface area contributed by atoms with Crippen LogP contribution in [0.1, 0.15) is 51.4 Å². The lowest BCUT2D eigenvalue weighted by Crippen LogP contribution is -2.48. The van der Waals surface area contributed by atoms with E-state index in [1.807, 2.05) is 0 Å². The van der Waals surface area contributed by atoms with Gasteiger partial charge in [-0.15, -0.1) is 0 Å². The third-order valence-electron chi connectivity index (χ3n) is 3.86. The van der Waals surface area contributed by atoms with Crippen LogP contribution in [0, 0.1) is 0 Å². The van der Waals surface area contributed by atoms with Crippen LogP contribution < -0.4 is 5.32 Å². The molecule has 2 unspecified atom stereocenters. The SMILES string of the molecule is OC1(CCCCCF)CC2CCC(C1)N2. The van der Waals surface area contributed by atoms with Crippen LogP contribution in [0.2, 0.25) is 0 Å². The molecule has 0 amide bonds. The second-order valence-electron chi connectivity index (χ2n) is 5.27. The van der Waals surface area contributed by atoms with E-state index in [1.165, 1.54) is 12.8 Å². The van der Waals surface area contributed by atoms with Crippen LogP contribution in [0.15, 0.2) is 0 Å². The number of hydrogen-bond acceptors (Lipinski definition) is 2. The van der Waals surface area contributed by atoms with Crippen LogP contribution in [0.3, 0.4) is 0 Å². The monoisotopic (exact) mass is 215 g/mol. The summed E-state index contributed by atoms with van der Waals surface area (Å²) >= 11 is 0. The maximum absolute atomic E-state index is 11.9. The molecule has 2 rings (SSSR count). The summed E-state index contributed by atoms with van der Waals surface area (Å²) in [6.45, 7) is -0.217. The van der Waals surface area contributed by atoms with Crippen molar-refractivity contribution in [2.45, 2.75) is 69.1 Å². The summed E-state index contributed by atoms with van der Waals surface area (Å²) in [7, 11) is 0. The highest BCUT2D eigenvalue weighted by Gasteiger charge is 2.41. The Hall–Kier alpha value is -0.150. The molecule has 2 bridgehead atoms. The molecule has 2 saturated heterocycles. The number of piperidine rings is 1. The second-order valence-corrected chi connectivity index (χ2v) is 5.27. The van der Waals surface area contributed by atoms with Crippen molar-refractivity contribution in [2.75, 3.05) is 6.67 Å². The molecule has 2 atom stereocenters. The zero-order chi connectivity index (χ0) is 10.7. The van der Waals surface area contributed by atoms with E-state index in [-0.39, 0.29) is 6.67 Å². The molecular weight excluding hydrogens is 193 g/mol. The molecule has 2 aliphatic rings. The van der Waals surface area contributed by atoms with Gasteiger partial charge in [-0.2, -0.15) is 0 Å². The Kier molecular flexibility index (Phi) is 3.62. The molecule has 0 aromatic rings. The number of unbranched alkanes of at least 4 members (excludes halogenated alkanes) is 2. The molecule has 0 spiro atoms. The van der Waals surface area contributed by atoms with Gasteiger partial charge in [-0.1, -0.05) is 12.8 Å². The normalized spacial score (nSPS) is 39.6. The standard InChI is InChI=1S/C12H22FNO/c13-7-3-1-2-6-12(15)8-10-4-5-11(9-12)14-10/h10-11,14-15H,1-9H2. The molecule has 0 aromatic heterocycles. The van der Waals surface area contributed by atoms with E-state index in [9.17, 15) is 9.50 Å². The van der Waals surface area contributed by atoms with Crippen molar-refractivity contribution in [3.8, 4) is 0 Å². The van der Waals surface area contributed by atoms with Gasteiger partial charge in [0.05, 0.1) is 12.3 Å². The fraction of sp³-hybridized carbons (Fsp3) is 1.00. The summed E-state index contributed by atoms with van der Waals surface area (Å²) < 4.78 is 11.9. The van der Waals surface area contributed by atoms with Crippen LogP contribution in [-0.2, 0) is 0 Å². The average molecular weight is 215 g/mol. The number of fused-ring (bicyclic) bond motifs is 2. The van der Waals surface area contributed by atoms with Gasteiger partial charge < -0.3 is 10.4 Å². The molecule has 0 aromatic carbocycles. The van der Waals surface area contributed by atoms with Crippen LogP contribution in [0.5, 0.6) is 0 Å². The third kappa shape index (κ3) is 2.91. The zero-order valence-electron chi connectivity index (χ0n) is 9.34. The van der Waals surface area contributed by atoms with E-state index in [2.05, 4.69) is 5.32 Å². The smallest absolute Gasteiger partial charge is 0.0894 e. The van der Waals surface area contributed by atoms with Crippen molar-refractivity contribution in [1.29, 1.82) is 0 Å². The van der Waals surface area contributed by atoms with Gasteiger partial charge in [0.2, 0.25) is 0 Å². The molecule has 0 saturated carbocycles. The van der Waals surface area contributed by atoms with Gasteiger partial charge in [0.1, 0.15) is 0 Å². The number of halogens is 1. The van der Waals surface area contributed by atoms with Gasteiger partial charge in [-0.3, -0.25) is 4.39 Å². The maximum Gasteiger partial charge on any atom is 0.0894 e. The molecule has 2 N–H and O–H groups in total. The summed E-state index contributed by atoms with van der Waals surface area (Å²) in [5.41, 5.74) is -0.451. The lowest BCUT2D eigenvalue weighted by molar-refractivity contribution is -0.0160. The van der Waals surface area contributed by atoms with E-state index < -0.39 is 5.60 Å². The first-order valence-corrected chi connectivity index (χ1v) is 6.26. The van der Waals surface area contributed by atoms with Crippen molar-refractivity contribution in [1.82, 2.24) is 5.32 Å². The number of hydrogen-bond donors (Lipinski definition) is 2. The van der Waals surface area contributed by atoms with Crippen LogP contribution in [-0.4, -0.2) is 29.5 Å². The van der Waals surface area contributed by atoms with E-state index in [4.69, 9.17) is 0 Å². The topological polar surface area (TPSA) is 32.3 Å². The van der Waals surface area contributed by atoms with Crippen molar-refractivity contribution < 1.29 is 9.50 Å². The molecule has 3 heteroatoms. The zero-order valence-corrected chi connectivity index (χ0v) is 9.34. The first-order valence-electron chi connectivity index (χ1n) is 6.26. The Balaban J connectivity index is 1.75. The first-order chi connectivity index (χ1) is 7.22. The van der Waals surface area contributed by atoms with Crippen molar-refractivity contribution in [2.24, 2.45) is 0 Å². The lowest BCUT2D eigenvalue weighted by Gasteiger charge is -2.37. The molecule has 2 nitrogen and oxygen atoms in total. The predicted molar refractivity (Wildman–Crippen MR) is 58.6 cm³/mol. The lowest BCUT2D eigenvalue weighted by atomic mass is 9.83. The minimum Gasteiger partial charge on any atom is -0.390 e. The highest BCUT2D eigenvalue weighted by molar-refractivity contribution is 4.99. The number of aliphatic hydroxyl groups is 1. The van der Waals surface area contributed by atoms with E-state index in [1.54, 1.807) is 0 Å². The van der Waals surface area contributed by atoms with E-state index in [0.29, 0.717) is 18.5 Å². The summed E-state index contributed by atoms with van der Waals surface area (Å²) in [5.74, 6) is 0. The maximum atomic E-state index is 11.9. The molecule has 0 radical (unpaired) electrons. The molecule has 88 valence electrons. The third-order valence-corrected chi connectivity index (χ3v) is 3.86. The number of alkyl halides is 1. The van der Waals surface area contributed by atoms with Gasteiger partial charge in [0.25, 0.3) is 0 Å². The Morgan fingerprint density at radius 1 is 1.13 bits per heavy atom.